The number of nitrogens with zero attached hydrogens (tertiary/aromatic N) is 4. The quantitative estimate of drug-likeness (QED) is 0.582. The second kappa shape index (κ2) is 9.98. The van der Waals surface area contributed by atoms with Crippen LogP contribution in [0.3, 0.4) is 0 Å². The van der Waals surface area contributed by atoms with Crippen LogP contribution in [-0.2, 0) is 17.7 Å². The van der Waals surface area contributed by atoms with Gasteiger partial charge in [0.15, 0.2) is 5.82 Å². The van der Waals surface area contributed by atoms with Crippen LogP contribution in [-0.4, -0.2) is 52.5 Å². The number of benzene rings is 2. The van der Waals surface area contributed by atoms with Gasteiger partial charge in [-0.2, -0.15) is 0 Å². The highest BCUT2D eigenvalue weighted by Crippen LogP contribution is 2.16. The monoisotopic (exact) mass is 424 g/mol. The molecular weight excluding hydrogens is 400 g/mol. The number of halogens is 1. The molecule has 0 saturated carbocycles. The van der Waals surface area contributed by atoms with Crippen LogP contribution in [0, 0.1) is 0 Å². The summed E-state index contributed by atoms with van der Waals surface area (Å²) in [6.45, 7) is 4.90. The Kier molecular flexibility index (Phi) is 6.89. The van der Waals surface area contributed by atoms with Crippen LogP contribution in [0.4, 0.5) is 0 Å². The van der Waals surface area contributed by atoms with E-state index in [2.05, 4.69) is 15.0 Å². The van der Waals surface area contributed by atoms with E-state index >= 15 is 0 Å². The van der Waals surface area contributed by atoms with Gasteiger partial charge in [0.05, 0.1) is 13.2 Å². The molecule has 0 aliphatic carbocycles. The molecule has 2 aromatic carbocycles. The van der Waals surface area contributed by atoms with Crippen molar-refractivity contribution < 1.29 is 4.74 Å². The molecule has 1 fully saturated rings. The summed E-state index contributed by atoms with van der Waals surface area (Å²) in [6.07, 6.45) is 1.27. The average molecular weight is 425 g/mol. The normalized spacial score (nSPS) is 14.7. The minimum atomic E-state index is -0.142. The van der Waals surface area contributed by atoms with Gasteiger partial charge in [-0.1, -0.05) is 54.1 Å². The Bertz CT molecular complexity index is 1030. The maximum atomic E-state index is 13.1. The van der Waals surface area contributed by atoms with Crippen molar-refractivity contribution in [2.75, 3.05) is 32.8 Å². The summed E-state index contributed by atoms with van der Waals surface area (Å²) in [7, 11) is 0. The van der Waals surface area contributed by atoms with Crippen molar-refractivity contribution in [3.63, 3.8) is 0 Å². The SMILES string of the molecule is O=c1c(Cc2cccc(Cl)c2)nc(-c2ccccc2)nn1CCCN1CCOCC1. The highest BCUT2D eigenvalue weighted by atomic mass is 35.5. The molecule has 6 nitrogen and oxygen atoms in total. The first-order valence-electron chi connectivity index (χ1n) is 10.3. The van der Waals surface area contributed by atoms with Gasteiger partial charge in [-0.3, -0.25) is 9.69 Å². The molecule has 1 aromatic heterocycles. The molecule has 30 heavy (non-hydrogen) atoms. The lowest BCUT2D eigenvalue weighted by Gasteiger charge is -2.26. The number of aromatic nitrogens is 3. The van der Waals surface area contributed by atoms with E-state index in [-0.39, 0.29) is 5.56 Å². The van der Waals surface area contributed by atoms with Crippen molar-refractivity contribution >= 4 is 11.6 Å². The lowest BCUT2D eigenvalue weighted by atomic mass is 10.1. The van der Waals surface area contributed by atoms with Crippen molar-refractivity contribution in [3.8, 4) is 11.4 Å². The second-order valence-electron chi connectivity index (χ2n) is 7.39. The fraction of sp³-hybridized carbons (Fsp3) is 0.348. The Morgan fingerprint density at radius 3 is 2.57 bits per heavy atom. The van der Waals surface area contributed by atoms with Gasteiger partial charge in [0.1, 0.15) is 5.69 Å². The Morgan fingerprint density at radius 2 is 1.80 bits per heavy atom. The van der Waals surface area contributed by atoms with Crippen LogP contribution >= 0.6 is 11.6 Å². The molecule has 156 valence electrons. The van der Waals surface area contributed by atoms with E-state index < -0.39 is 0 Å². The third-order valence-corrected chi connectivity index (χ3v) is 5.41. The summed E-state index contributed by atoms with van der Waals surface area (Å²) in [5, 5.41) is 5.22. The van der Waals surface area contributed by atoms with Crippen LogP contribution in [0.1, 0.15) is 17.7 Å². The van der Waals surface area contributed by atoms with Crippen LogP contribution in [0.5, 0.6) is 0 Å². The number of rotatable bonds is 7. The number of morpholine rings is 1. The number of hydrogen-bond donors (Lipinski definition) is 0. The molecule has 0 spiro atoms. The zero-order valence-electron chi connectivity index (χ0n) is 16.8. The molecule has 0 atom stereocenters. The maximum absolute atomic E-state index is 13.1. The van der Waals surface area contributed by atoms with E-state index in [0.717, 1.165) is 50.4 Å². The Morgan fingerprint density at radius 1 is 1.00 bits per heavy atom. The van der Waals surface area contributed by atoms with Gasteiger partial charge in [-0.05, 0) is 24.1 Å². The largest absolute Gasteiger partial charge is 0.379 e. The minimum Gasteiger partial charge on any atom is -0.379 e. The smallest absolute Gasteiger partial charge is 0.288 e. The topological polar surface area (TPSA) is 60.2 Å². The molecule has 0 bridgehead atoms. The van der Waals surface area contributed by atoms with Crippen LogP contribution in [0.25, 0.3) is 11.4 Å². The highest BCUT2D eigenvalue weighted by Gasteiger charge is 2.14. The van der Waals surface area contributed by atoms with E-state index in [9.17, 15) is 4.79 Å². The van der Waals surface area contributed by atoms with Gasteiger partial charge in [-0.15, -0.1) is 5.10 Å². The lowest BCUT2D eigenvalue weighted by Crippen LogP contribution is -2.37. The molecular formula is C23H25ClN4O2. The van der Waals surface area contributed by atoms with Crippen LogP contribution in [0.2, 0.25) is 5.02 Å². The lowest BCUT2D eigenvalue weighted by molar-refractivity contribution is 0.0368. The summed E-state index contributed by atoms with van der Waals surface area (Å²) in [4.78, 5) is 20.1. The molecule has 3 aromatic rings. The Labute approximate surface area is 181 Å². The minimum absolute atomic E-state index is 0.142. The maximum Gasteiger partial charge on any atom is 0.288 e. The van der Waals surface area contributed by atoms with Gasteiger partial charge < -0.3 is 4.74 Å². The van der Waals surface area contributed by atoms with Gasteiger partial charge in [0, 0.05) is 43.2 Å². The predicted molar refractivity (Wildman–Crippen MR) is 118 cm³/mol. The molecule has 0 N–H and O–H groups in total. The predicted octanol–water partition coefficient (Wildman–Crippen LogP) is 3.27. The van der Waals surface area contributed by atoms with Gasteiger partial charge in [0.2, 0.25) is 0 Å². The fourth-order valence-electron chi connectivity index (χ4n) is 3.59. The standard InChI is InChI=1S/C23H25ClN4O2/c24-20-9-4-6-18(16-20)17-21-23(29)28(11-5-10-27-12-14-30-15-13-27)26-22(25-21)19-7-2-1-3-8-19/h1-4,6-9,16H,5,10-15,17H2. The van der Waals surface area contributed by atoms with Crippen LogP contribution in [0.15, 0.2) is 59.4 Å². The molecule has 7 heteroatoms. The summed E-state index contributed by atoms with van der Waals surface area (Å²) in [5.41, 5.74) is 2.19. The summed E-state index contributed by atoms with van der Waals surface area (Å²) in [6, 6.07) is 17.3. The Balaban J connectivity index is 1.59. The van der Waals surface area contributed by atoms with Crippen LogP contribution < -0.4 is 5.56 Å². The summed E-state index contributed by atoms with van der Waals surface area (Å²) in [5.74, 6) is 0.568. The van der Waals surface area contributed by atoms with Crippen molar-refractivity contribution in [1.82, 2.24) is 19.7 Å². The first-order valence-corrected chi connectivity index (χ1v) is 10.6. The number of aryl methyl sites for hydroxylation is 1. The van der Waals surface area contributed by atoms with Gasteiger partial charge >= 0.3 is 0 Å². The summed E-state index contributed by atoms with van der Waals surface area (Å²) < 4.78 is 6.97. The van der Waals surface area contributed by atoms with Crippen molar-refractivity contribution in [3.05, 3.63) is 81.2 Å². The number of hydrogen-bond acceptors (Lipinski definition) is 5. The van der Waals surface area contributed by atoms with E-state index in [1.165, 1.54) is 0 Å². The molecule has 4 rings (SSSR count). The van der Waals surface area contributed by atoms with E-state index in [0.29, 0.717) is 29.5 Å². The first kappa shape index (κ1) is 20.7. The third kappa shape index (κ3) is 5.33. The third-order valence-electron chi connectivity index (χ3n) is 5.18. The zero-order chi connectivity index (χ0) is 20.8. The van der Waals surface area contributed by atoms with Crippen molar-refractivity contribution in [2.24, 2.45) is 0 Å². The van der Waals surface area contributed by atoms with Crippen molar-refractivity contribution in [1.29, 1.82) is 0 Å². The van der Waals surface area contributed by atoms with Gasteiger partial charge in [0.25, 0.3) is 5.56 Å². The molecule has 2 heterocycles. The molecule has 0 radical (unpaired) electrons. The number of ether oxygens (including phenoxy) is 1. The average Bonchev–Trinajstić information content (AvgIpc) is 2.77. The molecule has 0 unspecified atom stereocenters. The fourth-order valence-corrected chi connectivity index (χ4v) is 3.80. The molecule has 1 aliphatic heterocycles. The molecule has 1 saturated heterocycles. The first-order chi connectivity index (χ1) is 14.7. The second-order valence-corrected chi connectivity index (χ2v) is 7.83. The van der Waals surface area contributed by atoms with Gasteiger partial charge in [-0.25, -0.2) is 9.67 Å². The van der Waals surface area contributed by atoms with E-state index in [4.69, 9.17) is 16.3 Å². The zero-order valence-corrected chi connectivity index (χ0v) is 17.6. The highest BCUT2D eigenvalue weighted by molar-refractivity contribution is 6.30. The van der Waals surface area contributed by atoms with Crippen molar-refractivity contribution in [2.45, 2.75) is 19.4 Å². The molecule has 0 amide bonds. The van der Waals surface area contributed by atoms with E-state index in [1.807, 2.05) is 54.6 Å². The molecule has 1 aliphatic rings. The summed E-state index contributed by atoms with van der Waals surface area (Å²) >= 11 is 6.12. The Hall–Kier alpha value is -2.54. The van der Waals surface area contributed by atoms with E-state index in [1.54, 1.807) is 4.68 Å².